The summed E-state index contributed by atoms with van der Waals surface area (Å²) in [4.78, 5) is 29.7. The molecule has 0 aliphatic heterocycles. The Morgan fingerprint density at radius 1 is 1.21 bits per heavy atom. The molecule has 2 rings (SSSR count). The summed E-state index contributed by atoms with van der Waals surface area (Å²) in [6.45, 7) is 6.29. The molecule has 2 aromatic rings. The van der Waals surface area contributed by atoms with E-state index in [1.165, 1.54) is 6.92 Å². The Balaban J connectivity index is 1.92. The molecule has 0 spiro atoms. The fourth-order valence-electron chi connectivity index (χ4n) is 2.38. The first kappa shape index (κ1) is 17.7. The van der Waals surface area contributed by atoms with Crippen LogP contribution in [0.25, 0.3) is 0 Å². The molecule has 5 heteroatoms. The molecule has 0 aliphatic carbocycles. The van der Waals surface area contributed by atoms with Crippen LogP contribution >= 0.6 is 0 Å². The van der Waals surface area contributed by atoms with Crippen LogP contribution in [0.1, 0.15) is 30.0 Å². The summed E-state index contributed by atoms with van der Waals surface area (Å²) >= 11 is 0. The largest absolute Gasteiger partial charge is 0.338 e. The van der Waals surface area contributed by atoms with Crippen molar-refractivity contribution in [3.63, 3.8) is 0 Å². The van der Waals surface area contributed by atoms with Crippen LogP contribution in [0.2, 0.25) is 0 Å². The van der Waals surface area contributed by atoms with Crippen molar-refractivity contribution < 1.29 is 9.59 Å². The van der Waals surface area contributed by atoms with E-state index in [2.05, 4.69) is 10.3 Å². The lowest BCUT2D eigenvalue weighted by molar-refractivity contribution is -0.129. The van der Waals surface area contributed by atoms with Crippen LogP contribution in [0, 0.1) is 13.8 Å². The second-order valence-electron chi connectivity index (χ2n) is 5.92. The molecule has 0 saturated heterocycles. The zero-order valence-electron chi connectivity index (χ0n) is 14.4. The van der Waals surface area contributed by atoms with Gasteiger partial charge >= 0.3 is 0 Å². The Labute approximate surface area is 142 Å². The van der Waals surface area contributed by atoms with Gasteiger partial charge in [0.25, 0.3) is 0 Å². The zero-order valence-corrected chi connectivity index (χ0v) is 14.4. The number of carbonyl (C=O) groups excluding carboxylic acids is 2. The Hall–Kier alpha value is -2.69. The monoisotopic (exact) mass is 325 g/mol. The summed E-state index contributed by atoms with van der Waals surface area (Å²) in [6.07, 6.45) is 3.68. The second-order valence-corrected chi connectivity index (χ2v) is 5.92. The molecule has 0 saturated carbocycles. The van der Waals surface area contributed by atoms with Gasteiger partial charge in [0.1, 0.15) is 0 Å². The van der Waals surface area contributed by atoms with E-state index in [-0.39, 0.29) is 18.2 Å². The highest BCUT2D eigenvalue weighted by Gasteiger charge is 2.12. The van der Waals surface area contributed by atoms with Gasteiger partial charge in [-0.25, -0.2) is 0 Å². The molecule has 1 N–H and O–H groups in total. The molecule has 0 atom stereocenters. The third-order valence-electron chi connectivity index (χ3n) is 3.82. The van der Waals surface area contributed by atoms with E-state index in [0.717, 1.165) is 22.4 Å². The fourth-order valence-corrected chi connectivity index (χ4v) is 2.38. The van der Waals surface area contributed by atoms with Gasteiger partial charge in [0.15, 0.2) is 0 Å². The van der Waals surface area contributed by atoms with Gasteiger partial charge in [0, 0.05) is 44.5 Å². The normalized spacial score (nSPS) is 10.3. The van der Waals surface area contributed by atoms with Crippen LogP contribution in [0.4, 0.5) is 5.69 Å². The SMILES string of the molecule is CC(=O)N(CCC(=O)Nc1cc(C)ccc1C)Cc1cccnc1. The molecule has 126 valence electrons. The highest BCUT2D eigenvalue weighted by molar-refractivity contribution is 5.92. The van der Waals surface area contributed by atoms with E-state index >= 15 is 0 Å². The molecule has 0 radical (unpaired) electrons. The molecule has 0 fully saturated rings. The van der Waals surface area contributed by atoms with Crippen LogP contribution in [0.5, 0.6) is 0 Å². The minimum absolute atomic E-state index is 0.0570. The van der Waals surface area contributed by atoms with Crippen LogP contribution in [-0.2, 0) is 16.1 Å². The van der Waals surface area contributed by atoms with E-state index in [1.807, 2.05) is 44.2 Å². The maximum Gasteiger partial charge on any atom is 0.226 e. The number of nitrogens with zero attached hydrogens (tertiary/aromatic N) is 2. The zero-order chi connectivity index (χ0) is 17.5. The maximum absolute atomic E-state index is 12.2. The molecular weight excluding hydrogens is 302 g/mol. The number of rotatable bonds is 6. The van der Waals surface area contributed by atoms with Gasteiger partial charge in [-0.15, -0.1) is 0 Å². The van der Waals surface area contributed by atoms with Gasteiger partial charge in [0.2, 0.25) is 11.8 Å². The van der Waals surface area contributed by atoms with Crippen molar-refractivity contribution in [3.8, 4) is 0 Å². The third kappa shape index (κ3) is 5.19. The highest BCUT2D eigenvalue weighted by Crippen LogP contribution is 2.16. The van der Waals surface area contributed by atoms with E-state index in [9.17, 15) is 9.59 Å². The lowest BCUT2D eigenvalue weighted by Crippen LogP contribution is -2.31. The molecule has 5 nitrogen and oxygen atoms in total. The van der Waals surface area contributed by atoms with Gasteiger partial charge in [-0.05, 0) is 42.7 Å². The summed E-state index contributed by atoms with van der Waals surface area (Å²) in [5.74, 6) is -0.153. The number of hydrogen-bond acceptors (Lipinski definition) is 3. The average molecular weight is 325 g/mol. The molecule has 1 heterocycles. The predicted octanol–water partition coefficient (Wildman–Crippen LogP) is 3.08. The molecule has 0 unspecified atom stereocenters. The van der Waals surface area contributed by atoms with Gasteiger partial charge in [-0.3, -0.25) is 14.6 Å². The van der Waals surface area contributed by atoms with E-state index < -0.39 is 0 Å². The molecule has 24 heavy (non-hydrogen) atoms. The number of hydrogen-bond donors (Lipinski definition) is 1. The van der Waals surface area contributed by atoms with Crippen molar-refractivity contribution in [1.29, 1.82) is 0 Å². The summed E-state index contributed by atoms with van der Waals surface area (Å²) in [6, 6.07) is 9.69. The summed E-state index contributed by atoms with van der Waals surface area (Å²) in [5, 5.41) is 2.92. The highest BCUT2D eigenvalue weighted by atomic mass is 16.2. The van der Waals surface area contributed by atoms with Crippen LogP contribution < -0.4 is 5.32 Å². The quantitative estimate of drug-likeness (QED) is 0.888. The molecule has 2 amide bonds. The summed E-state index contributed by atoms with van der Waals surface area (Å²) in [7, 11) is 0. The van der Waals surface area contributed by atoms with Crippen molar-refractivity contribution in [2.75, 3.05) is 11.9 Å². The van der Waals surface area contributed by atoms with Crippen molar-refractivity contribution in [2.45, 2.75) is 33.7 Å². The Morgan fingerprint density at radius 3 is 2.67 bits per heavy atom. The lowest BCUT2D eigenvalue weighted by atomic mass is 10.1. The Kier molecular flexibility index (Phi) is 6.07. The molecule has 1 aromatic carbocycles. The summed E-state index contributed by atoms with van der Waals surface area (Å²) < 4.78 is 0. The van der Waals surface area contributed by atoms with E-state index in [0.29, 0.717) is 13.1 Å². The van der Waals surface area contributed by atoms with Crippen LogP contribution in [0.3, 0.4) is 0 Å². The van der Waals surface area contributed by atoms with Crippen molar-refractivity contribution >= 4 is 17.5 Å². The van der Waals surface area contributed by atoms with Gasteiger partial charge in [0.05, 0.1) is 0 Å². The number of carbonyl (C=O) groups is 2. The number of amides is 2. The standard InChI is InChI=1S/C19H23N3O2/c1-14-6-7-15(2)18(11-14)21-19(24)8-10-22(16(3)23)13-17-5-4-9-20-12-17/h4-7,9,11-12H,8,10,13H2,1-3H3,(H,21,24). The fraction of sp³-hybridized carbons (Fsp3) is 0.316. The molecule has 1 aromatic heterocycles. The summed E-state index contributed by atoms with van der Waals surface area (Å²) in [5.41, 5.74) is 3.88. The van der Waals surface area contributed by atoms with Gasteiger partial charge in [-0.2, -0.15) is 0 Å². The molecular formula is C19H23N3O2. The van der Waals surface area contributed by atoms with Crippen molar-refractivity contribution in [1.82, 2.24) is 9.88 Å². The van der Waals surface area contributed by atoms with Crippen LogP contribution in [-0.4, -0.2) is 28.2 Å². The van der Waals surface area contributed by atoms with E-state index in [4.69, 9.17) is 0 Å². The number of anilines is 1. The Bertz CT molecular complexity index is 714. The lowest BCUT2D eigenvalue weighted by Gasteiger charge is -2.21. The van der Waals surface area contributed by atoms with E-state index in [1.54, 1.807) is 17.3 Å². The van der Waals surface area contributed by atoms with Crippen molar-refractivity contribution in [2.24, 2.45) is 0 Å². The predicted molar refractivity (Wildman–Crippen MR) is 94.5 cm³/mol. The van der Waals surface area contributed by atoms with Gasteiger partial charge < -0.3 is 10.2 Å². The molecule has 0 aliphatic rings. The third-order valence-corrected chi connectivity index (χ3v) is 3.82. The van der Waals surface area contributed by atoms with Crippen molar-refractivity contribution in [3.05, 3.63) is 59.4 Å². The number of aromatic nitrogens is 1. The first-order valence-corrected chi connectivity index (χ1v) is 7.97. The number of pyridine rings is 1. The molecule has 0 bridgehead atoms. The minimum atomic E-state index is -0.0962. The number of aryl methyl sites for hydroxylation is 2. The maximum atomic E-state index is 12.2. The topological polar surface area (TPSA) is 62.3 Å². The smallest absolute Gasteiger partial charge is 0.226 e. The number of benzene rings is 1. The first-order valence-electron chi connectivity index (χ1n) is 7.97. The first-order chi connectivity index (χ1) is 11.5. The average Bonchev–Trinajstić information content (AvgIpc) is 2.55. The Morgan fingerprint density at radius 2 is 2.00 bits per heavy atom. The minimum Gasteiger partial charge on any atom is -0.338 e. The van der Waals surface area contributed by atoms with Crippen LogP contribution in [0.15, 0.2) is 42.7 Å². The number of nitrogens with one attached hydrogen (secondary N) is 1. The second kappa shape index (κ2) is 8.24. The van der Waals surface area contributed by atoms with Gasteiger partial charge in [-0.1, -0.05) is 18.2 Å².